The Morgan fingerprint density at radius 3 is 2.72 bits per heavy atom. The van der Waals surface area contributed by atoms with Gasteiger partial charge < -0.3 is 9.67 Å². The van der Waals surface area contributed by atoms with Crippen LogP contribution in [0.15, 0.2) is 67.1 Å². The molecule has 25 heavy (non-hydrogen) atoms. The number of imidazole rings is 1. The first-order valence-electron chi connectivity index (χ1n) is 8.66. The third kappa shape index (κ3) is 3.01. The van der Waals surface area contributed by atoms with E-state index in [9.17, 15) is 5.11 Å². The summed E-state index contributed by atoms with van der Waals surface area (Å²) in [4.78, 5) is 8.85. The summed E-state index contributed by atoms with van der Waals surface area (Å²) >= 11 is 0. The number of aromatic nitrogens is 3. The quantitative estimate of drug-likeness (QED) is 0.598. The molecule has 126 valence electrons. The van der Waals surface area contributed by atoms with E-state index in [0.717, 1.165) is 24.0 Å². The molecule has 0 spiro atoms. The van der Waals surface area contributed by atoms with Gasteiger partial charge in [-0.15, -0.1) is 0 Å². The van der Waals surface area contributed by atoms with E-state index in [1.165, 1.54) is 16.3 Å². The monoisotopic (exact) mass is 331 g/mol. The van der Waals surface area contributed by atoms with Gasteiger partial charge in [0.05, 0.1) is 18.5 Å². The molecule has 4 aromatic rings. The van der Waals surface area contributed by atoms with Crippen molar-refractivity contribution in [3.05, 3.63) is 72.7 Å². The van der Waals surface area contributed by atoms with Crippen LogP contribution in [0.1, 0.15) is 24.9 Å². The molecule has 0 radical (unpaired) electrons. The molecule has 0 fully saturated rings. The molecule has 2 aromatic heterocycles. The van der Waals surface area contributed by atoms with Gasteiger partial charge in [-0.1, -0.05) is 42.5 Å². The van der Waals surface area contributed by atoms with E-state index < -0.39 is 6.10 Å². The highest BCUT2D eigenvalue weighted by molar-refractivity contribution is 5.85. The van der Waals surface area contributed by atoms with Crippen molar-refractivity contribution in [1.82, 2.24) is 14.5 Å². The van der Waals surface area contributed by atoms with Gasteiger partial charge in [-0.05, 0) is 48.2 Å². The fourth-order valence-corrected chi connectivity index (χ4v) is 3.54. The zero-order valence-corrected chi connectivity index (χ0v) is 14.2. The second-order valence-electron chi connectivity index (χ2n) is 6.48. The largest absolute Gasteiger partial charge is 0.391 e. The molecule has 0 aliphatic rings. The van der Waals surface area contributed by atoms with Gasteiger partial charge in [-0.3, -0.25) is 0 Å². The number of hydrogen-bond acceptors (Lipinski definition) is 3. The van der Waals surface area contributed by atoms with Gasteiger partial charge in [0.2, 0.25) is 0 Å². The molecule has 2 aromatic carbocycles. The van der Waals surface area contributed by atoms with E-state index in [-0.39, 0.29) is 6.04 Å². The highest BCUT2D eigenvalue weighted by Gasteiger charge is 2.20. The molecule has 0 saturated carbocycles. The van der Waals surface area contributed by atoms with E-state index in [1.54, 1.807) is 12.5 Å². The Balaban J connectivity index is 1.65. The normalized spacial score (nSPS) is 14.0. The number of aliphatic hydroxyl groups excluding tert-OH is 1. The summed E-state index contributed by atoms with van der Waals surface area (Å²) in [7, 11) is 0. The lowest BCUT2D eigenvalue weighted by Gasteiger charge is -2.22. The molecule has 4 nitrogen and oxygen atoms in total. The standard InChI is InChI=1S/C21H21N3O/c1-15(25)20(24-14-23-19-10-5-13-22-21(19)24)12-11-17-8-4-7-16-6-2-3-9-18(16)17/h2-10,13-15,20,25H,11-12H2,1H3. The van der Waals surface area contributed by atoms with Gasteiger partial charge in [0, 0.05) is 6.20 Å². The van der Waals surface area contributed by atoms with Gasteiger partial charge in [-0.2, -0.15) is 0 Å². The van der Waals surface area contributed by atoms with Crippen molar-refractivity contribution >= 4 is 21.9 Å². The predicted octanol–water partition coefficient (Wildman–Crippen LogP) is 4.14. The molecule has 2 unspecified atom stereocenters. The summed E-state index contributed by atoms with van der Waals surface area (Å²) in [5.74, 6) is 0. The topological polar surface area (TPSA) is 50.9 Å². The van der Waals surface area contributed by atoms with Crippen LogP contribution < -0.4 is 0 Å². The van der Waals surface area contributed by atoms with Crippen LogP contribution in [-0.2, 0) is 6.42 Å². The SMILES string of the molecule is CC(O)C(CCc1cccc2ccccc12)n1cnc2cccnc21. The Morgan fingerprint density at radius 1 is 1.00 bits per heavy atom. The fourth-order valence-electron chi connectivity index (χ4n) is 3.54. The molecule has 4 rings (SSSR count). The Morgan fingerprint density at radius 2 is 1.84 bits per heavy atom. The minimum absolute atomic E-state index is 0.0566. The minimum atomic E-state index is -0.477. The van der Waals surface area contributed by atoms with Crippen LogP contribution in [0.5, 0.6) is 0 Å². The molecular weight excluding hydrogens is 310 g/mol. The van der Waals surface area contributed by atoms with Crippen LogP contribution in [0.4, 0.5) is 0 Å². The zero-order valence-electron chi connectivity index (χ0n) is 14.2. The van der Waals surface area contributed by atoms with E-state index in [0.29, 0.717) is 0 Å². The van der Waals surface area contributed by atoms with Crippen LogP contribution in [0.25, 0.3) is 21.9 Å². The molecule has 0 aliphatic carbocycles. The van der Waals surface area contributed by atoms with E-state index in [2.05, 4.69) is 52.4 Å². The lowest BCUT2D eigenvalue weighted by Crippen LogP contribution is -2.22. The second kappa shape index (κ2) is 6.65. The maximum atomic E-state index is 10.4. The molecule has 2 heterocycles. The summed E-state index contributed by atoms with van der Waals surface area (Å²) < 4.78 is 2.01. The zero-order chi connectivity index (χ0) is 17.2. The summed E-state index contributed by atoms with van der Waals surface area (Å²) in [6.45, 7) is 1.84. The van der Waals surface area contributed by atoms with Gasteiger partial charge in [0.25, 0.3) is 0 Å². The van der Waals surface area contributed by atoms with Crippen LogP contribution in [0.2, 0.25) is 0 Å². The number of benzene rings is 2. The van der Waals surface area contributed by atoms with Crippen molar-refractivity contribution in [3.63, 3.8) is 0 Å². The average Bonchev–Trinajstić information content (AvgIpc) is 3.06. The third-order valence-corrected chi connectivity index (χ3v) is 4.84. The van der Waals surface area contributed by atoms with Crippen molar-refractivity contribution in [2.45, 2.75) is 31.9 Å². The van der Waals surface area contributed by atoms with Crippen molar-refractivity contribution in [1.29, 1.82) is 0 Å². The minimum Gasteiger partial charge on any atom is -0.391 e. The summed E-state index contributed by atoms with van der Waals surface area (Å²) in [6.07, 6.45) is 4.80. The summed E-state index contributed by atoms with van der Waals surface area (Å²) in [5, 5.41) is 12.9. The first kappa shape index (κ1) is 15.8. The number of rotatable bonds is 5. The van der Waals surface area contributed by atoms with Crippen LogP contribution in [-0.4, -0.2) is 25.7 Å². The fraction of sp³-hybridized carbons (Fsp3) is 0.238. The number of nitrogens with zero attached hydrogens (tertiary/aromatic N) is 3. The predicted molar refractivity (Wildman–Crippen MR) is 101 cm³/mol. The van der Waals surface area contributed by atoms with E-state index >= 15 is 0 Å². The smallest absolute Gasteiger partial charge is 0.160 e. The van der Waals surface area contributed by atoms with Crippen molar-refractivity contribution in [2.24, 2.45) is 0 Å². The Hall–Kier alpha value is -2.72. The summed E-state index contributed by atoms with van der Waals surface area (Å²) in [5.41, 5.74) is 2.99. The van der Waals surface area contributed by atoms with Crippen LogP contribution in [0.3, 0.4) is 0 Å². The molecule has 0 aliphatic heterocycles. The summed E-state index contributed by atoms with van der Waals surface area (Å²) in [6, 6.07) is 18.6. The first-order valence-corrected chi connectivity index (χ1v) is 8.66. The van der Waals surface area contributed by atoms with Crippen molar-refractivity contribution in [3.8, 4) is 0 Å². The van der Waals surface area contributed by atoms with Crippen molar-refractivity contribution < 1.29 is 5.11 Å². The lowest BCUT2D eigenvalue weighted by atomic mass is 9.97. The third-order valence-electron chi connectivity index (χ3n) is 4.84. The number of hydrogen-bond donors (Lipinski definition) is 1. The number of aliphatic hydroxyl groups is 1. The van der Waals surface area contributed by atoms with Gasteiger partial charge >= 0.3 is 0 Å². The molecule has 4 heteroatoms. The van der Waals surface area contributed by atoms with E-state index in [1.807, 2.05) is 23.6 Å². The Kier molecular flexibility index (Phi) is 4.20. The van der Waals surface area contributed by atoms with Gasteiger partial charge in [-0.25, -0.2) is 9.97 Å². The van der Waals surface area contributed by atoms with Crippen molar-refractivity contribution in [2.75, 3.05) is 0 Å². The highest BCUT2D eigenvalue weighted by Crippen LogP contribution is 2.26. The lowest BCUT2D eigenvalue weighted by molar-refractivity contribution is 0.126. The van der Waals surface area contributed by atoms with Crippen LogP contribution in [0, 0.1) is 0 Å². The molecule has 0 bridgehead atoms. The second-order valence-corrected chi connectivity index (χ2v) is 6.48. The highest BCUT2D eigenvalue weighted by atomic mass is 16.3. The van der Waals surface area contributed by atoms with Crippen LogP contribution >= 0.6 is 0 Å². The maximum Gasteiger partial charge on any atom is 0.160 e. The molecule has 1 N–H and O–H groups in total. The molecule has 0 saturated heterocycles. The first-order chi connectivity index (χ1) is 12.2. The Labute approximate surface area is 146 Å². The number of fused-ring (bicyclic) bond motifs is 2. The maximum absolute atomic E-state index is 10.4. The number of aryl methyl sites for hydroxylation is 1. The molecule has 0 amide bonds. The number of pyridine rings is 1. The Bertz CT molecular complexity index is 1000. The molecule has 2 atom stereocenters. The average molecular weight is 331 g/mol. The van der Waals surface area contributed by atoms with Gasteiger partial charge in [0.1, 0.15) is 5.52 Å². The van der Waals surface area contributed by atoms with E-state index in [4.69, 9.17) is 0 Å². The molecular formula is C21H21N3O. The van der Waals surface area contributed by atoms with Gasteiger partial charge in [0.15, 0.2) is 5.65 Å².